The van der Waals surface area contributed by atoms with Gasteiger partial charge in [0, 0.05) is 16.6 Å². The van der Waals surface area contributed by atoms with Crippen molar-refractivity contribution in [1.29, 1.82) is 0 Å². The van der Waals surface area contributed by atoms with Crippen LogP contribution in [0.3, 0.4) is 0 Å². The molecule has 3 rings (SSSR count). The first kappa shape index (κ1) is 23.8. The number of azo groups is 1. The second-order valence-corrected chi connectivity index (χ2v) is 9.03. The van der Waals surface area contributed by atoms with E-state index in [4.69, 9.17) is 11.6 Å². The van der Waals surface area contributed by atoms with Crippen LogP contribution in [0.5, 0.6) is 5.75 Å². The van der Waals surface area contributed by atoms with Gasteiger partial charge in [0.15, 0.2) is 0 Å². The van der Waals surface area contributed by atoms with Crippen LogP contribution in [-0.4, -0.2) is 43.5 Å². The number of amides is 2. The van der Waals surface area contributed by atoms with Crippen molar-refractivity contribution in [3.05, 3.63) is 59.1 Å². The molecular weight excluding hydrogens is 475 g/mol. The zero-order chi connectivity index (χ0) is 23.5. The second kappa shape index (κ2) is 9.35. The van der Waals surface area contributed by atoms with Gasteiger partial charge in [0.1, 0.15) is 5.75 Å². The lowest BCUT2D eigenvalue weighted by Gasteiger charge is -2.20. The van der Waals surface area contributed by atoms with Gasteiger partial charge in [0.25, 0.3) is 11.8 Å². The minimum Gasteiger partial charge on any atom is -0.406 e. The van der Waals surface area contributed by atoms with Gasteiger partial charge >= 0.3 is 6.36 Å². The number of carbonyl (C=O) groups excluding carboxylic acids is 2. The number of alkyl halides is 3. The van der Waals surface area contributed by atoms with Crippen LogP contribution in [0.2, 0.25) is 5.02 Å². The first-order valence-electron chi connectivity index (χ1n) is 9.08. The number of carbonyl (C=O) groups is 2. The predicted octanol–water partition coefficient (Wildman–Crippen LogP) is 4.21. The Morgan fingerprint density at radius 3 is 2.16 bits per heavy atom. The predicted molar refractivity (Wildman–Crippen MR) is 106 cm³/mol. The Morgan fingerprint density at radius 2 is 1.62 bits per heavy atom. The van der Waals surface area contributed by atoms with Gasteiger partial charge in [-0.1, -0.05) is 11.6 Å². The van der Waals surface area contributed by atoms with E-state index in [0.717, 1.165) is 28.6 Å². The average Bonchev–Trinajstić information content (AvgIpc) is 3.55. The maximum atomic E-state index is 12.9. The van der Waals surface area contributed by atoms with Crippen molar-refractivity contribution in [2.75, 3.05) is 6.54 Å². The van der Waals surface area contributed by atoms with E-state index in [1.165, 1.54) is 24.3 Å². The van der Waals surface area contributed by atoms with Gasteiger partial charge in [-0.3, -0.25) is 9.59 Å². The van der Waals surface area contributed by atoms with Crippen LogP contribution >= 0.6 is 11.6 Å². The van der Waals surface area contributed by atoms with Crippen LogP contribution in [0.1, 0.15) is 23.2 Å². The first-order valence-corrected chi connectivity index (χ1v) is 10.9. The maximum absolute atomic E-state index is 12.9. The molecule has 0 unspecified atom stereocenters. The minimum absolute atomic E-state index is 0.138. The molecule has 170 valence electrons. The van der Waals surface area contributed by atoms with E-state index in [1.54, 1.807) is 0 Å². The fraction of sp³-hybridized carbons (Fsp3) is 0.263. The van der Waals surface area contributed by atoms with Crippen molar-refractivity contribution in [2.45, 2.75) is 30.1 Å². The Labute approximate surface area is 185 Å². The standard InChI is InChI=1S/C19H15ClF3N3O5S/c20-13-3-1-12(2-4-13)18(28)25-24-17(27)11-26(14-5-6-14)32(29,30)16-9-7-15(8-10-16)31-19(21,22)23/h1-4,7-10,14H,5-6,11H2. The molecule has 1 saturated carbocycles. The third kappa shape index (κ3) is 6.34. The van der Waals surface area contributed by atoms with Crippen LogP contribution in [0, 0.1) is 0 Å². The molecule has 8 nitrogen and oxygen atoms in total. The molecular formula is C19H15ClF3N3O5S. The summed E-state index contributed by atoms with van der Waals surface area (Å²) in [6.07, 6.45) is -3.91. The van der Waals surface area contributed by atoms with Gasteiger partial charge in [-0.25, -0.2) is 8.42 Å². The van der Waals surface area contributed by atoms with Crippen molar-refractivity contribution >= 4 is 33.4 Å². The summed E-state index contributed by atoms with van der Waals surface area (Å²) in [6, 6.07) is 8.84. The largest absolute Gasteiger partial charge is 0.573 e. The molecule has 0 heterocycles. The highest BCUT2D eigenvalue weighted by Gasteiger charge is 2.39. The number of sulfonamides is 1. The van der Waals surface area contributed by atoms with E-state index >= 15 is 0 Å². The second-order valence-electron chi connectivity index (χ2n) is 6.71. The molecule has 1 aliphatic carbocycles. The van der Waals surface area contributed by atoms with Crippen molar-refractivity contribution in [1.82, 2.24) is 4.31 Å². The van der Waals surface area contributed by atoms with Crippen molar-refractivity contribution in [2.24, 2.45) is 10.2 Å². The van der Waals surface area contributed by atoms with Gasteiger partial charge in [-0.05, 0) is 61.4 Å². The summed E-state index contributed by atoms with van der Waals surface area (Å²) in [5.74, 6) is -2.36. The molecule has 2 aromatic rings. The highest BCUT2D eigenvalue weighted by molar-refractivity contribution is 7.89. The van der Waals surface area contributed by atoms with Gasteiger partial charge in [-0.15, -0.1) is 23.4 Å². The number of benzene rings is 2. The molecule has 1 fully saturated rings. The molecule has 0 atom stereocenters. The Kier molecular flexibility index (Phi) is 6.96. The molecule has 32 heavy (non-hydrogen) atoms. The molecule has 2 amide bonds. The maximum Gasteiger partial charge on any atom is 0.573 e. The van der Waals surface area contributed by atoms with E-state index < -0.39 is 46.5 Å². The highest BCUT2D eigenvalue weighted by atomic mass is 35.5. The van der Waals surface area contributed by atoms with E-state index in [0.29, 0.717) is 17.9 Å². The number of rotatable bonds is 7. The van der Waals surface area contributed by atoms with E-state index in [2.05, 4.69) is 15.0 Å². The quantitative estimate of drug-likeness (QED) is 0.542. The fourth-order valence-electron chi connectivity index (χ4n) is 2.64. The Hall–Kier alpha value is -2.83. The van der Waals surface area contributed by atoms with Crippen LogP contribution in [0.15, 0.2) is 63.7 Å². The molecule has 0 N–H and O–H groups in total. The zero-order valence-corrected chi connectivity index (χ0v) is 17.7. The molecule has 0 bridgehead atoms. The molecule has 13 heteroatoms. The Bertz CT molecular complexity index is 1130. The summed E-state index contributed by atoms with van der Waals surface area (Å²) in [6.45, 7) is -0.675. The molecule has 0 saturated heterocycles. The minimum atomic E-state index is -4.92. The third-order valence-corrected chi connectivity index (χ3v) is 6.42. The van der Waals surface area contributed by atoms with Crippen LogP contribution in [0.4, 0.5) is 13.2 Å². The Morgan fingerprint density at radius 1 is 1.03 bits per heavy atom. The normalized spacial score (nSPS) is 14.7. The summed E-state index contributed by atoms with van der Waals surface area (Å²) in [7, 11) is -4.21. The van der Waals surface area contributed by atoms with Crippen LogP contribution in [-0.2, 0) is 14.8 Å². The van der Waals surface area contributed by atoms with Crippen molar-refractivity contribution in [3.63, 3.8) is 0 Å². The lowest BCUT2D eigenvalue weighted by atomic mass is 10.2. The smallest absolute Gasteiger partial charge is 0.406 e. The zero-order valence-electron chi connectivity index (χ0n) is 16.1. The number of hydrogen-bond donors (Lipinski definition) is 0. The summed E-state index contributed by atoms with van der Waals surface area (Å²) in [4.78, 5) is 23.8. The monoisotopic (exact) mass is 489 g/mol. The lowest BCUT2D eigenvalue weighted by molar-refractivity contribution is -0.274. The summed E-state index contributed by atoms with van der Waals surface area (Å²) < 4.78 is 67.2. The average molecular weight is 490 g/mol. The number of nitrogens with zero attached hydrogens (tertiary/aromatic N) is 3. The highest BCUT2D eigenvalue weighted by Crippen LogP contribution is 2.33. The summed E-state index contributed by atoms with van der Waals surface area (Å²) >= 11 is 5.73. The SMILES string of the molecule is O=C(CN(C1CC1)S(=O)(=O)c1ccc(OC(F)(F)F)cc1)N=NC(=O)c1ccc(Cl)cc1. The van der Waals surface area contributed by atoms with Crippen LogP contribution < -0.4 is 4.74 Å². The topological polar surface area (TPSA) is 105 Å². The third-order valence-electron chi connectivity index (χ3n) is 4.25. The van der Waals surface area contributed by atoms with E-state index in [9.17, 15) is 31.2 Å². The number of hydrogen-bond acceptors (Lipinski definition) is 5. The molecule has 0 aliphatic heterocycles. The molecule has 0 radical (unpaired) electrons. The fourth-order valence-corrected chi connectivity index (χ4v) is 4.40. The van der Waals surface area contributed by atoms with Crippen molar-refractivity contribution in [3.8, 4) is 5.75 Å². The molecule has 2 aromatic carbocycles. The van der Waals surface area contributed by atoms with Crippen molar-refractivity contribution < 1.29 is 35.9 Å². The first-order chi connectivity index (χ1) is 15.0. The summed E-state index contributed by atoms with van der Waals surface area (Å²) in [5, 5.41) is 6.99. The Balaban J connectivity index is 1.71. The van der Waals surface area contributed by atoms with E-state index in [1.807, 2.05) is 0 Å². The molecule has 0 spiro atoms. The summed E-state index contributed by atoms with van der Waals surface area (Å²) in [5.41, 5.74) is 0.138. The van der Waals surface area contributed by atoms with Gasteiger partial charge < -0.3 is 4.74 Å². The molecule has 1 aliphatic rings. The number of halogens is 4. The van der Waals surface area contributed by atoms with Gasteiger partial charge in [0.05, 0.1) is 11.4 Å². The number of ether oxygens (including phenoxy) is 1. The lowest BCUT2D eigenvalue weighted by Crippen LogP contribution is -2.37. The van der Waals surface area contributed by atoms with Gasteiger partial charge in [-0.2, -0.15) is 4.31 Å². The van der Waals surface area contributed by atoms with E-state index in [-0.39, 0.29) is 10.5 Å². The van der Waals surface area contributed by atoms with Gasteiger partial charge in [0.2, 0.25) is 10.0 Å². The molecule has 0 aromatic heterocycles. The van der Waals surface area contributed by atoms with Crippen LogP contribution in [0.25, 0.3) is 0 Å².